The summed E-state index contributed by atoms with van der Waals surface area (Å²) >= 11 is 9.15. The molecule has 18 heavy (non-hydrogen) atoms. The molecule has 0 aliphatic rings. The quantitative estimate of drug-likeness (QED) is 0.744. The number of halogens is 2. The van der Waals surface area contributed by atoms with Crippen LogP contribution in [0.3, 0.4) is 0 Å². The molecular weight excluding hydrogens is 314 g/mol. The summed E-state index contributed by atoms with van der Waals surface area (Å²) in [6, 6.07) is 6.02. The first-order valence-electron chi connectivity index (χ1n) is 6.05. The Morgan fingerprint density at radius 1 is 1.50 bits per heavy atom. The van der Waals surface area contributed by atoms with Gasteiger partial charge in [-0.3, -0.25) is 0 Å². The minimum Gasteiger partial charge on any atom is -0.489 e. The van der Waals surface area contributed by atoms with Crippen molar-refractivity contribution in [2.75, 3.05) is 13.2 Å². The van der Waals surface area contributed by atoms with Crippen molar-refractivity contribution in [1.82, 2.24) is 5.32 Å². The monoisotopic (exact) mass is 331 g/mol. The third-order valence-corrected chi connectivity index (χ3v) is 3.56. The molecular formula is C14H19BrClNO. The van der Waals surface area contributed by atoms with Crippen molar-refractivity contribution in [2.45, 2.75) is 26.8 Å². The number of hydrogen-bond acceptors (Lipinski definition) is 2. The lowest BCUT2D eigenvalue weighted by atomic mass is 10.2. The van der Waals surface area contributed by atoms with Gasteiger partial charge in [0.15, 0.2) is 0 Å². The van der Waals surface area contributed by atoms with E-state index in [9.17, 15) is 0 Å². The third kappa shape index (κ3) is 5.42. The van der Waals surface area contributed by atoms with Gasteiger partial charge in [-0.15, -0.1) is 0 Å². The van der Waals surface area contributed by atoms with Crippen molar-refractivity contribution >= 4 is 27.5 Å². The minimum absolute atomic E-state index is 0.521. The SMILES string of the molecule is CCCNCc1cc(OC/C(C)=C/Cl)ccc1Br. The molecule has 1 N–H and O–H groups in total. The second-order valence-corrected chi connectivity index (χ2v) is 5.25. The predicted molar refractivity (Wildman–Crippen MR) is 81.2 cm³/mol. The lowest BCUT2D eigenvalue weighted by Gasteiger charge is -2.10. The summed E-state index contributed by atoms with van der Waals surface area (Å²) in [5.41, 5.74) is 3.75. The van der Waals surface area contributed by atoms with E-state index in [4.69, 9.17) is 16.3 Å². The highest BCUT2D eigenvalue weighted by atomic mass is 79.9. The maximum Gasteiger partial charge on any atom is 0.120 e. The molecule has 100 valence electrons. The highest BCUT2D eigenvalue weighted by Crippen LogP contribution is 2.23. The van der Waals surface area contributed by atoms with Gasteiger partial charge in [-0.05, 0) is 49.2 Å². The molecule has 0 amide bonds. The van der Waals surface area contributed by atoms with Crippen LogP contribution < -0.4 is 10.1 Å². The third-order valence-electron chi connectivity index (χ3n) is 2.41. The average Bonchev–Trinajstić information content (AvgIpc) is 2.39. The van der Waals surface area contributed by atoms with E-state index in [1.54, 1.807) is 5.54 Å². The van der Waals surface area contributed by atoms with Crippen LogP contribution in [0.25, 0.3) is 0 Å². The maximum absolute atomic E-state index is 5.66. The topological polar surface area (TPSA) is 21.3 Å². The zero-order valence-electron chi connectivity index (χ0n) is 10.8. The highest BCUT2D eigenvalue weighted by Gasteiger charge is 2.02. The minimum atomic E-state index is 0.521. The molecule has 4 heteroatoms. The van der Waals surface area contributed by atoms with Crippen molar-refractivity contribution in [1.29, 1.82) is 0 Å². The molecule has 0 aliphatic carbocycles. The molecule has 0 saturated carbocycles. The van der Waals surface area contributed by atoms with Gasteiger partial charge in [0.1, 0.15) is 12.4 Å². The van der Waals surface area contributed by atoms with E-state index in [-0.39, 0.29) is 0 Å². The second-order valence-electron chi connectivity index (χ2n) is 4.17. The summed E-state index contributed by atoms with van der Waals surface area (Å²) in [6.07, 6.45) is 1.13. The molecule has 0 spiro atoms. The summed E-state index contributed by atoms with van der Waals surface area (Å²) in [4.78, 5) is 0. The van der Waals surface area contributed by atoms with Crippen LogP contribution in [-0.4, -0.2) is 13.2 Å². The first-order chi connectivity index (χ1) is 8.67. The van der Waals surface area contributed by atoms with E-state index in [2.05, 4.69) is 28.2 Å². The van der Waals surface area contributed by atoms with Gasteiger partial charge in [0.2, 0.25) is 0 Å². The normalized spacial score (nSPS) is 11.7. The Morgan fingerprint density at radius 3 is 2.94 bits per heavy atom. The van der Waals surface area contributed by atoms with Gasteiger partial charge in [-0.1, -0.05) is 34.5 Å². The Bertz CT molecular complexity index is 407. The lowest BCUT2D eigenvalue weighted by Crippen LogP contribution is -2.14. The molecule has 0 aliphatic heterocycles. The summed E-state index contributed by atoms with van der Waals surface area (Å²) in [5.74, 6) is 0.865. The summed E-state index contributed by atoms with van der Waals surface area (Å²) in [7, 11) is 0. The van der Waals surface area contributed by atoms with Crippen LogP contribution in [0, 0.1) is 0 Å². The molecule has 1 aromatic carbocycles. The predicted octanol–water partition coefficient (Wildman–Crippen LogP) is 4.47. The van der Waals surface area contributed by atoms with Gasteiger partial charge in [-0.25, -0.2) is 0 Å². The number of ether oxygens (including phenoxy) is 1. The zero-order valence-corrected chi connectivity index (χ0v) is 13.1. The van der Waals surface area contributed by atoms with Crippen LogP contribution in [0.5, 0.6) is 5.75 Å². The summed E-state index contributed by atoms with van der Waals surface area (Å²) < 4.78 is 6.76. The van der Waals surface area contributed by atoms with Crippen molar-refractivity contribution in [2.24, 2.45) is 0 Å². The van der Waals surface area contributed by atoms with Crippen LogP contribution >= 0.6 is 27.5 Å². The number of benzene rings is 1. The molecule has 0 unspecified atom stereocenters. The van der Waals surface area contributed by atoms with Crippen LogP contribution in [0.1, 0.15) is 25.8 Å². The Morgan fingerprint density at radius 2 is 2.28 bits per heavy atom. The van der Waals surface area contributed by atoms with Crippen molar-refractivity contribution < 1.29 is 4.74 Å². The van der Waals surface area contributed by atoms with E-state index >= 15 is 0 Å². The Labute approximate surface area is 122 Å². The molecule has 1 rings (SSSR count). The fourth-order valence-electron chi connectivity index (χ4n) is 1.40. The second kappa shape index (κ2) is 8.57. The lowest BCUT2D eigenvalue weighted by molar-refractivity contribution is 0.352. The average molecular weight is 333 g/mol. The first-order valence-corrected chi connectivity index (χ1v) is 7.28. The molecule has 0 fully saturated rings. The van der Waals surface area contributed by atoms with E-state index in [0.29, 0.717) is 6.61 Å². The van der Waals surface area contributed by atoms with Gasteiger partial charge in [0, 0.05) is 16.6 Å². The standard InChI is InChI=1S/C14H19BrClNO/c1-3-6-17-9-12-7-13(4-5-14(12)15)18-10-11(2)8-16/h4-5,7-8,17H,3,6,9-10H2,1-2H3/b11-8+. The van der Waals surface area contributed by atoms with Crippen molar-refractivity contribution in [3.63, 3.8) is 0 Å². The number of rotatable bonds is 7. The Hall–Kier alpha value is -0.510. The van der Waals surface area contributed by atoms with E-state index < -0.39 is 0 Å². The van der Waals surface area contributed by atoms with E-state index in [1.807, 2.05) is 25.1 Å². The highest BCUT2D eigenvalue weighted by molar-refractivity contribution is 9.10. The number of hydrogen-bond donors (Lipinski definition) is 1. The molecule has 0 atom stereocenters. The van der Waals surface area contributed by atoms with Gasteiger partial charge >= 0.3 is 0 Å². The Kier molecular flexibility index (Phi) is 7.40. The van der Waals surface area contributed by atoms with Gasteiger partial charge in [-0.2, -0.15) is 0 Å². The van der Waals surface area contributed by atoms with Gasteiger partial charge in [0.05, 0.1) is 0 Å². The first kappa shape index (κ1) is 15.5. The van der Waals surface area contributed by atoms with E-state index in [0.717, 1.165) is 35.3 Å². The van der Waals surface area contributed by atoms with Crippen LogP contribution in [0.4, 0.5) is 0 Å². The molecule has 1 aromatic rings. The molecule has 0 aromatic heterocycles. The smallest absolute Gasteiger partial charge is 0.120 e. The van der Waals surface area contributed by atoms with Crippen LogP contribution in [0.2, 0.25) is 0 Å². The Balaban J connectivity index is 2.62. The summed E-state index contributed by atoms with van der Waals surface area (Å²) in [6.45, 7) is 6.48. The van der Waals surface area contributed by atoms with Crippen LogP contribution in [-0.2, 0) is 6.54 Å². The largest absolute Gasteiger partial charge is 0.489 e. The molecule has 0 saturated heterocycles. The van der Waals surface area contributed by atoms with Crippen molar-refractivity contribution in [3.05, 3.63) is 39.3 Å². The molecule has 0 radical (unpaired) electrons. The van der Waals surface area contributed by atoms with E-state index in [1.165, 1.54) is 5.56 Å². The number of nitrogens with one attached hydrogen (secondary N) is 1. The maximum atomic E-state index is 5.66. The zero-order chi connectivity index (χ0) is 13.4. The van der Waals surface area contributed by atoms with Crippen molar-refractivity contribution in [3.8, 4) is 5.75 Å². The fraction of sp³-hybridized carbons (Fsp3) is 0.429. The molecule has 2 nitrogen and oxygen atoms in total. The van der Waals surface area contributed by atoms with Gasteiger partial charge in [0.25, 0.3) is 0 Å². The van der Waals surface area contributed by atoms with Gasteiger partial charge < -0.3 is 10.1 Å². The molecule has 0 heterocycles. The fourth-order valence-corrected chi connectivity index (χ4v) is 1.85. The molecule has 0 bridgehead atoms. The van der Waals surface area contributed by atoms with Crippen LogP contribution in [0.15, 0.2) is 33.8 Å². The summed E-state index contributed by atoms with van der Waals surface area (Å²) in [5, 5.41) is 3.38.